The fourth-order valence-electron chi connectivity index (χ4n) is 3.72. The molecule has 0 bridgehead atoms. The van der Waals surface area contributed by atoms with Crippen LogP contribution < -0.4 is 0 Å². The highest BCUT2D eigenvalue weighted by molar-refractivity contribution is 5.94. The number of carbonyl (C=O) groups is 5. The van der Waals surface area contributed by atoms with Crippen LogP contribution in [0.1, 0.15) is 98.8 Å². The number of allylic oxidation sites excluding steroid dienone is 1. The van der Waals surface area contributed by atoms with Crippen molar-refractivity contribution < 1.29 is 38.2 Å². The number of hydrogen-bond donors (Lipinski definition) is 0. The summed E-state index contributed by atoms with van der Waals surface area (Å²) in [4.78, 5) is 57.7. The van der Waals surface area contributed by atoms with Crippen molar-refractivity contribution in [1.82, 2.24) is 0 Å². The molecule has 3 unspecified atom stereocenters. The first-order valence-corrected chi connectivity index (χ1v) is 12.7. The van der Waals surface area contributed by atoms with Crippen molar-refractivity contribution in [2.75, 3.05) is 0 Å². The van der Waals surface area contributed by atoms with Crippen LogP contribution in [0, 0.1) is 0 Å². The minimum absolute atomic E-state index is 0.0340. The molecular weight excluding hydrogens is 476 g/mol. The van der Waals surface area contributed by atoms with Gasteiger partial charge in [-0.1, -0.05) is 30.9 Å². The molecule has 8 heteroatoms. The Hall–Kier alpha value is -3.03. The first kappa shape index (κ1) is 34.0. The summed E-state index contributed by atoms with van der Waals surface area (Å²) in [5.41, 5.74) is 1.82. The van der Waals surface area contributed by atoms with Crippen LogP contribution in [0.2, 0.25) is 0 Å². The van der Waals surface area contributed by atoms with E-state index >= 15 is 0 Å². The molecule has 0 aliphatic carbocycles. The molecule has 0 aromatic heterocycles. The summed E-state index contributed by atoms with van der Waals surface area (Å²) in [5, 5.41) is 0. The van der Waals surface area contributed by atoms with Gasteiger partial charge in [0.1, 0.15) is 42.4 Å². The highest BCUT2D eigenvalue weighted by Crippen LogP contribution is 2.22. The van der Waals surface area contributed by atoms with E-state index in [2.05, 4.69) is 19.7 Å². The minimum Gasteiger partial charge on any atom is -0.495 e. The topological polar surface area (TPSA) is 113 Å². The number of esters is 2. The van der Waals surface area contributed by atoms with Crippen molar-refractivity contribution in [3.63, 3.8) is 0 Å². The van der Waals surface area contributed by atoms with Crippen LogP contribution in [0.3, 0.4) is 0 Å². The Morgan fingerprint density at radius 2 is 1.19 bits per heavy atom. The molecule has 0 fully saturated rings. The van der Waals surface area contributed by atoms with Crippen LogP contribution >= 0.6 is 0 Å². The molecule has 0 N–H and O–H groups in total. The molecule has 0 aliphatic heterocycles. The number of Topliss-reactive ketones (excluding diaryl/α,β-unsaturated/α-hetero) is 3. The van der Waals surface area contributed by atoms with E-state index in [1.165, 1.54) is 13.8 Å². The molecule has 0 aromatic carbocycles. The monoisotopic (exact) mass is 520 g/mol. The predicted molar refractivity (Wildman–Crippen MR) is 142 cm³/mol. The lowest BCUT2D eigenvalue weighted by molar-refractivity contribution is -0.152. The third-order valence-electron chi connectivity index (χ3n) is 5.18. The lowest BCUT2D eigenvalue weighted by Gasteiger charge is -2.22. The van der Waals surface area contributed by atoms with E-state index in [0.717, 1.165) is 11.1 Å². The lowest BCUT2D eigenvalue weighted by atomic mass is 9.99. The van der Waals surface area contributed by atoms with Crippen molar-refractivity contribution in [3.05, 3.63) is 36.6 Å². The Bertz CT molecular complexity index is 854. The first-order chi connectivity index (χ1) is 17.2. The molecular formula is C29H44O8. The Labute approximate surface area is 221 Å². The summed E-state index contributed by atoms with van der Waals surface area (Å²) in [6.45, 7) is 19.9. The van der Waals surface area contributed by atoms with Crippen LogP contribution in [-0.2, 0) is 38.2 Å². The fraction of sp³-hybridized carbons (Fsp3) is 0.621. The van der Waals surface area contributed by atoms with Gasteiger partial charge in [0.05, 0.1) is 11.9 Å². The molecule has 0 spiro atoms. The molecule has 37 heavy (non-hydrogen) atoms. The highest BCUT2D eigenvalue weighted by atomic mass is 16.5. The Balaban J connectivity index is 4.71. The standard InChI is InChI=1S/C29H44O8/c1-19(2)14-23(6)35-27(13-12-20(3)15-24(7)36-28(33)16-21(4)30)11-9-10-26(32)18-25(8)37-29(34)17-22(5)31/h24-25,27H,1,3,6,9-18H2,2,4-5,7-8H3. The van der Waals surface area contributed by atoms with E-state index < -0.39 is 18.0 Å². The van der Waals surface area contributed by atoms with Gasteiger partial charge in [0, 0.05) is 25.7 Å². The summed E-state index contributed by atoms with van der Waals surface area (Å²) < 4.78 is 16.4. The van der Waals surface area contributed by atoms with Gasteiger partial charge in [-0.05, 0) is 60.3 Å². The van der Waals surface area contributed by atoms with Crippen molar-refractivity contribution in [3.8, 4) is 0 Å². The van der Waals surface area contributed by atoms with E-state index in [9.17, 15) is 24.0 Å². The van der Waals surface area contributed by atoms with Crippen LogP contribution in [0.5, 0.6) is 0 Å². The van der Waals surface area contributed by atoms with E-state index in [1.54, 1.807) is 13.8 Å². The van der Waals surface area contributed by atoms with Gasteiger partial charge >= 0.3 is 11.9 Å². The van der Waals surface area contributed by atoms with Crippen molar-refractivity contribution in [2.45, 2.75) is 117 Å². The summed E-state index contributed by atoms with van der Waals surface area (Å²) in [6.07, 6.45) is 2.22. The molecule has 0 amide bonds. The maximum atomic E-state index is 12.3. The second-order valence-electron chi connectivity index (χ2n) is 9.90. The van der Waals surface area contributed by atoms with E-state index in [1.807, 2.05) is 6.92 Å². The Morgan fingerprint density at radius 1 is 0.676 bits per heavy atom. The SMILES string of the molecule is C=C(C)CC(=C)OC(CCCC(=O)CC(C)OC(=O)CC(C)=O)CCC(=C)CC(C)OC(=O)CC(C)=O. The fourth-order valence-corrected chi connectivity index (χ4v) is 3.72. The van der Waals surface area contributed by atoms with E-state index in [0.29, 0.717) is 50.7 Å². The molecule has 3 atom stereocenters. The van der Waals surface area contributed by atoms with Gasteiger partial charge in [-0.15, -0.1) is 0 Å². The predicted octanol–water partition coefficient (Wildman–Crippen LogP) is 5.53. The van der Waals surface area contributed by atoms with Crippen molar-refractivity contribution >= 4 is 29.3 Å². The molecule has 0 rings (SSSR count). The lowest BCUT2D eigenvalue weighted by Crippen LogP contribution is -2.20. The third-order valence-corrected chi connectivity index (χ3v) is 5.18. The van der Waals surface area contributed by atoms with Gasteiger partial charge in [-0.3, -0.25) is 24.0 Å². The zero-order valence-corrected chi connectivity index (χ0v) is 23.2. The van der Waals surface area contributed by atoms with Gasteiger partial charge in [0.25, 0.3) is 0 Å². The number of rotatable bonds is 21. The zero-order valence-electron chi connectivity index (χ0n) is 23.2. The van der Waals surface area contributed by atoms with Crippen LogP contribution in [-0.4, -0.2) is 47.6 Å². The first-order valence-electron chi connectivity index (χ1n) is 12.7. The van der Waals surface area contributed by atoms with Gasteiger partial charge < -0.3 is 14.2 Å². The minimum atomic E-state index is -0.625. The summed E-state index contributed by atoms with van der Waals surface area (Å²) in [7, 11) is 0. The van der Waals surface area contributed by atoms with Crippen molar-refractivity contribution in [2.24, 2.45) is 0 Å². The maximum absolute atomic E-state index is 12.3. The molecule has 0 aromatic rings. The van der Waals surface area contributed by atoms with E-state index in [4.69, 9.17) is 14.2 Å². The summed E-state index contributed by atoms with van der Waals surface area (Å²) >= 11 is 0. The highest BCUT2D eigenvalue weighted by Gasteiger charge is 2.18. The molecule has 0 aliphatic rings. The van der Waals surface area contributed by atoms with Crippen LogP contribution in [0.4, 0.5) is 0 Å². The summed E-state index contributed by atoms with van der Waals surface area (Å²) in [6, 6.07) is 0. The maximum Gasteiger partial charge on any atom is 0.313 e. The van der Waals surface area contributed by atoms with E-state index in [-0.39, 0.29) is 48.8 Å². The molecule has 0 saturated carbocycles. The smallest absolute Gasteiger partial charge is 0.313 e. The Kier molecular flexibility index (Phi) is 16.8. The second-order valence-corrected chi connectivity index (χ2v) is 9.90. The zero-order chi connectivity index (χ0) is 28.5. The van der Waals surface area contributed by atoms with Gasteiger partial charge in [0.2, 0.25) is 0 Å². The summed E-state index contributed by atoms with van der Waals surface area (Å²) in [5.74, 6) is -1.12. The average molecular weight is 521 g/mol. The number of hydrogen-bond acceptors (Lipinski definition) is 8. The Morgan fingerprint density at radius 3 is 1.68 bits per heavy atom. The number of carbonyl (C=O) groups excluding carboxylic acids is 5. The molecule has 0 radical (unpaired) electrons. The quantitative estimate of drug-likeness (QED) is 0.0840. The normalized spacial score (nSPS) is 13.0. The number of ether oxygens (including phenoxy) is 3. The van der Waals surface area contributed by atoms with Gasteiger partial charge in [0.15, 0.2) is 0 Å². The van der Waals surface area contributed by atoms with Gasteiger partial charge in [-0.2, -0.15) is 0 Å². The second kappa shape index (κ2) is 18.3. The molecule has 0 saturated heterocycles. The average Bonchev–Trinajstić information content (AvgIpc) is 2.69. The van der Waals surface area contributed by atoms with Crippen molar-refractivity contribution in [1.29, 1.82) is 0 Å². The van der Waals surface area contributed by atoms with Crippen LogP contribution in [0.25, 0.3) is 0 Å². The molecule has 8 nitrogen and oxygen atoms in total. The van der Waals surface area contributed by atoms with Crippen LogP contribution in [0.15, 0.2) is 36.6 Å². The largest absolute Gasteiger partial charge is 0.495 e. The molecule has 0 heterocycles. The van der Waals surface area contributed by atoms with Gasteiger partial charge in [-0.25, -0.2) is 0 Å². The number of ketones is 3. The molecule has 208 valence electrons. The third kappa shape index (κ3) is 19.8.